The average molecular weight is 308 g/mol. The topological polar surface area (TPSA) is 46.2 Å². The molecule has 0 aliphatic heterocycles. The minimum atomic E-state index is -3.30. The molecule has 0 saturated heterocycles. The second kappa shape index (κ2) is 5.37. The fourth-order valence-electron chi connectivity index (χ4n) is 2.33. The highest BCUT2D eigenvalue weighted by Crippen LogP contribution is 2.32. The van der Waals surface area contributed by atoms with Crippen LogP contribution in [-0.2, 0) is 9.84 Å². The van der Waals surface area contributed by atoms with Gasteiger partial charge in [0.05, 0.1) is 20.2 Å². The van der Waals surface area contributed by atoms with Crippen LogP contribution in [0, 0.1) is 0 Å². The molecule has 1 saturated carbocycles. The van der Waals surface area contributed by atoms with Crippen molar-refractivity contribution in [3.05, 3.63) is 28.2 Å². The Kier molecular flexibility index (Phi) is 4.22. The monoisotopic (exact) mass is 307 g/mol. The van der Waals surface area contributed by atoms with E-state index in [0.29, 0.717) is 17.9 Å². The Hall–Kier alpha value is -0.290. The van der Waals surface area contributed by atoms with Gasteiger partial charge in [-0.2, -0.15) is 0 Å². The van der Waals surface area contributed by atoms with Crippen molar-refractivity contribution in [1.29, 1.82) is 0 Å². The number of hydrogen-bond donors (Lipinski definition) is 1. The highest BCUT2D eigenvalue weighted by Gasteiger charge is 2.34. The van der Waals surface area contributed by atoms with Crippen LogP contribution in [0.25, 0.3) is 0 Å². The van der Waals surface area contributed by atoms with E-state index < -0.39 is 9.84 Å². The summed E-state index contributed by atoms with van der Waals surface area (Å²) >= 11 is 11.7. The summed E-state index contributed by atoms with van der Waals surface area (Å²) in [7, 11) is -1.44. The molecule has 1 aliphatic rings. The number of halogens is 2. The lowest BCUT2D eigenvalue weighted by molar-refractivity contribution is 0.564. The van der Waals surface area contributed by atoms with Crippen LogP contribution in [-0.4, -0.2) is 26.8 Å². The molecular weight excluding hydrogens is 293 g/mol. The molecule has 3 nitrogen and oxygen atoms in total. The van der Waals surface area contributed by atoms with E-state index in [4.69, 9.17) is 23.2 Å². The van der Waals surface area contributed by atoms with E-state index in [1.807, 2.05) is 7.05 Å². The first-order valence-corrected chi connectivity index (χ1v) is 8.11. The van der Waals surface area contributed by atoms with Gasteiger partial charge in [0.15, 0.2) is 9.84 Å². The maximum absolute atomic E-state index is 12.4. The van der Waals surface area contributed by atoms with Gasteiger partial charge in [-0.3, -0.25) is 0 Å². The molecule has 2 rings (SSSR count). The lowest BCUT2D eigenvalue weighted by Gasteiger charge is -2.13. The van der Waals surface area contributed by atoms with E-state index in [9.17, 15) is 8.42 Å². The standard InChI is InChI=1S/C12H15Cl2NO2S/c1-15-8-2-3-9(6-8)18(16,17)10-4-5-11(13)12(14)7-10/h4-5,7-9,15H,2-3,6H2,1H3. The van der Waals surface area contributed by atoms with Crippen LogP contribution < -0.4 is 5.32 Å². The van der Waals surface area contributed by atoms with Gasteiger partial charge >= 0.3 is 0 Å². The second-order valence-electron chi connectivity index (χ2n) is 4.54. The van der Waals surface area contributed by atoms with E-state index in [1.54, 1.807) is 0 Å². The summed E-state index contributed by atoms with van der Waals surface area (Å²) in [6, 6.07) is 4.77. The maximum Gasteiger partial charge on any atom is 0.181 e. The molecule has 1 aromatic rings. The van der Waals surface area contributed by atoms with Gasteiger partial charge in [-0.1, -0.05) is 23.2 Å². The number of hydrogen-bond acceptors (Lipinski definition) is 3. The third kappa shape index (κ3) is 2.67. The largest absolute Gasteiger partial charge is 0.317 e. The number of sulfone groups is 1. The van der Waals surface area contributed by atoms with E-state index in [0.717, 1.165) is 6.42 Å². The van der Waals surface area contributed by atoms with Crippen molar-refractivity contribution in [1.82, 2.24) is 5.32 Å². The highest BCUT2D eigenvalue weighted by molar-refractivity contribution is 7.92. The lowest BCUT2D eigenvalue weighted by Crippen LogP contribution is -2.25. The fourth-order valence-corrected chi connectivity index (χ4v) is 4.55. The van der Waals surface area contributed by atoms with Gasteiger partial charge in [-0.15, -0.1) is 0 Å². The molecule has 2 atom stereocenters. The molecule has 0 bridgehead atoms. The van der Waals surface area contributed by atoms with Crippen molar-refractivity contribution in [2.45, 2.75) is 35.4 Å². The summed E-state index contributed by atoms with van der Waals surface area (Å²) in [6.07, 6.45) is 2.23. The van der Waals surface area contributed by atoms with Crippen LogP contribution in [0.1, 0.15) is 19.3 Å². The van der Waals surface area contributed by atoms with Crippen LogP contribution in [0.5, 0.6) is 0 Å². The van der Waals surface area contributed by atoms with Crippen molar-refractivity contribution < 1.29 is 8.42 Å². The van der Waals surface area contributed by atoms with Crippen LogP contribution in [0.3, 0.4) is 0 Å². The number of rotatable bonds is 3. The molecule has 1 N–H and O–H groups in total. The predicted octanol–water partition coefficient (Wildman–Crippen LogP) is 2.91. The molecular formula is C12H15Cl2NO2S. The molecule has 6 heteroatoms. The normalized spacial score (nSPS) is 24.4. The second-order valence-corrected chi connectivity index (χ2v) is 7.58. The summed E-state index contributed by atoms with van der Waals surface area (Å²) in [6.45, 7) is 0. The molecule has 1 fully saturated rings. The summed E-state index contributed by atoms with van der Waals surface area (Å²) in [5, 5.41) is 3.45. The van der Waals surface area contributed by atoms with Gasteiger partial charge in [-0.25, -0.2) is 8.42 Å². The van der Waals surface area contributed by atoms with Gasteiger partial charge < -0.3 is 5.32 Å². The SMILES string of the molecule is CNC1CCC(S(=O)(=O)c2ccc(Cl)c(Cl)c2)C1. The van der Waals surface area contributed by atoms with E-state index in [-0.39, 0.29) is 21.2 Å². The van der Waals surface area contributed by atoms with Crippen LogP contribution >= 0.6 is 23.2 Å². The first-order chi connectivity index (χ1) is 8.45. The summed E-state index contributed by atoms with van der Waals surface area (Å²) in [4.78, 5) is 0.263. The maximum atomic E-state index is 12.4. The molecule has 0 radical (unpaired) electrons. The smallest absolute Gasteiger partial charge is 0.181 e. The van der Waals surface area contributed by atoms with Crippen molar-refractivity contribution in [3.63, 3.8) is 0 Å². The molecule has 0 amide bonds. The minimum Gasteiger partial charge on any atom is -0.317 e. The molecule has 100 valence electrons. The van der Waals surface area contributed by atoms with Gasteiger partial charge in [0.2, 0.25) is 0 Å². The van der Waals surface area contributed by atoms with Crippen molar-refractivity contribution in [3.8, 4) is 0 Å². The zero-order valence-corrected chi connectivity index (χ0v) is 12.3. The third-order valence-electron chi connectivity index (χ3n) is 3.45. The van der Waals surface area contributed by atoms with Gasteiger partial charge in [0, 0.05) is 6.04 Å². The van der Waals surface area contributed by atoms with Crippen molar-refractivity contribution in [2.75, 3.05) is 7.05 Å². The predicted molar refractivity (Wildman–Crippen MR) is 74.1 cm³/mol. The van der Waals surface area contributed by atoms with Crippen LogP contribution in [0.2, 0.25) is 10.0 Å². The zero-order chi connectivity index (χ0) is 13.3. The Morgan fingerprint density at radius 2 is 1.94 bits per heavy atom. The van der Waals surface area contributed by atoms with Crippen LogP contribution in [0.4, 0.5) is 0 Å². The molecule has 1 aliphatic carbocycles. The van der Waals surface area contributed by atoms with E-state index >= 15 is 0 Å². The molecule has 0 spiro atoms. The first-order valence-electron chi connectivity index (χ1n) is 5.81. The average Bonchev–Trinajstić information content (AvgIpc) is 2.81. The Morgan fingerprint density at radius 3 is 2.50 bits per heavy atom. The number of benzene rings is 1. The van der Waals surface area contributed by atoms with Gasteiger partial charge in [0.25, 0.3) is 0 Å². The molecule has 0 heterocycles. The Labute approximate surface area is 117 Å². The molecule has 2 unspecified atom stereocenters. The summed E-state index contributed by atoms with van der Waals surface area (Å²) in [5.74, 6) is 0. The summed E-state index contributed by atoms with van der Waals surface area (Å²) in [5.41, 5.74) is 0. The van der Waals surface area contributed by atoms with Crippen LogP contribution in [0.15, 0.2) is 23.1 Å². The van der Waals surface area contributed by atoms with Crippen molar-refractivity contribution in [2.24, 2.45) is 0 Å². The highest BCUT2D eigenvalue weighted by atomic mass is 35.5. The molecule has 18 heavy (non-hydrogen) atoms. The Balaban J connectivity index is 2.28. The lowest BCUT2D eigenvalue weighted by atomic mass is 10.3. The molecule has 0 aromatic heterocycles. The first kappa shape index (κ1) is 14.1. The number of nitrogens with one attached hydrogen (secondary N) is 1. The van der Waals surface area contributed by atoms with E-state index in [1.165, 1.54) is 18.2 Å². The van der Waals surface area contributed by atoms with Crippen molar-refractivity contribution >= 4 is 33.0 Å². The third-order valence-corrected chi connectivity index (χ3v) is 6.41. The fraction of sp³-hybridized carbons (Fsp3) is 0.500. The minimum absolute atomic E-state index is 0.263. The molecule has 1 aromatic carbocycles. The summed E-state index contributed by atoms with van der Waals surface area (Å²) < 4.78 is 24.9. The Bertz CT molecular complexity index is 545. The van der Waals surface area contributed by atoms with Gasteiger partial charge in [0.1, 0.15) is 0 Å². The quantitative estimate of drug-likeness (QED) is 0.934. The zero-order valence-electron chi connectivity index (χ0n) is 9.99. The Morgan fingerprint density at radius 1 is 1.22 bits per heavy atom. The van der Waals surface area contributed by atoms with E-state index in [2.05, 4.69) is 5.32 Å². The van der Waals surface area contributed by atoms with Gasteiger partial charge in [-0.05, 0) is 44.5 Å².